The summed E-state index contributed by atoms with van der Waals surface area (Å²) in [6.45, 7) is 0. The Balaban J connectivity index is 0.00000115. The third kappa shape index (κ3) is 1.64. The number of benzene rings is 2. The van der Waals surface area contributed by atoms with Crippen molar-refractivity contribution in [2.75, 3.05) is 0 Å². The van der Waals surface area contributed by atoms with E-state index in [2.05, 4.69) is 40.3 Å². The fraction of sp³-hybridized carbons (Fsp3) is 0.111. The maximum Gasteiger partial charge on any atom is 0.220 e. The fourth-order valence-electron chi connectivity index (χ4n) is 3.60. The molecule has 4 aromatic rings. The number of hydrogen-bond acceptors (Lipinski definition) is 1. The number of pyridine rings is 2. The van der Waals surface area contributed by atoms with Crippen LogP contribution in [0.5, 0.6) is 0 Å². The lowest BCUT2D eigenvalue weighted by atomic mass is 9.98. The van der Waals surface area contributed by atoms with Crippen LogP contribution in [0.3, 0.4) is 0 Å². The molecule has 102 valence electrons. The number of aryl methyl sites for hydroxylation is 2. The minimum Gasteiger partial charge on any atom is -1.00 e. The van der Waals surface area contributed by atoms with Crippen molar-refractivity contribution in [1.82, 2.24) is 4.98 Å². The van der Waals surface area contributed by atoms with Crippen molar-refractivity contribution in [3.63, 3.8) is 0 Å². The third-order valence-corrected chi connectivity index (χ3v) is 4.43. The first-order chi connectivity index (χ1) is 9.92. The van der Waals surface area contributed by atoms with Gasteiger partial charge in [0.2, 0.25) is 5.52 Å². The SMILES string of the molecule is [Br-].c1cnc2c(c1)cc1c3c(cc4ccc[nH+]c4c32)CC1. The first kappa shape index (κ1) is 12.7. The van der Waals surface area contributed by atoms with Crippen molar-refractivity contribution in [1.29, 1.82) is 0 Å². The van der Waals surface area contributed by atoms with Crippen molar-refractivity contribution < 1.29 is 22.0 Å². The molecule has 0 aliphatic heterocycles. The lowest BCUT2D eigenvalue weighted by molar-refractivity contribution is -0.343. The van der Waals surface area contributed by atoms with Crippen LogP contribution in [0.4, 0.5) is 0 Å². The Morgan fingerprint density at radius 2 is 1.67 bits per heavy atom. The second-order valence-corrected chi connectivity index (χ2v) is 5.53. The molecule has 0 fully saturated rings. The van der Waals surface area contributed by atoms with Gasteiger partial charge in [0, 0.05) is 23.0 Å². The molecular formula is C18H13BrN2. The second-order valence-electron chi connectivity index (χ2n) is 5.53. The normalized spacial score (nSPS) is 13.0. The second kappa shape index (κ2) is 4.50. The average molecular weight is 337 g/mol. The zero-order valence-corrected chi connectivity index (χ0v) is 12.9. The van der Waals surface area contributed by atoms with E-state index in [-0.39, 0.29) is 17.0 Å². The molecule has 0 saturated carbocycles. The largest absolute Gasteiger partial charge is 1.00 e. The Hall–Kier alpha value is -2.00. The van der Waals surface area contributed by atoms with Crippen molar-refractivity contribution in [2.24, 2.45) is 0 Å². The Bertz CT molecular complexity index is 929. The summed E-state index contributed by atoms with van der Waals surface area (Å²) in [6.07, 6.45) is 6.18. The van der Waals surface area contributed by atoms with E-state index in [1.807, 2.05) is 18.5 Å². The van der Waals surface area contributed by atoms with Crippen molar-refractivity contribution in [3.05, 3.63) is 59.9 Å². The third-order valence-electron chi connectivity index (χ3n) is 4.43. The monoisotopic (exact) mass is 336 g/mol. The van der Waals surface area contributed by atoms with Crippen LogP contribution >= 0.6 is 0 Å². The van der Waals surface area contributed by atoms with Gasteiger partial charge in [-0.15, -0.1) is 0 Å². The van der Waals surface area contributed by atoms with Gasteiger partial charge in [-0.3, -0.25) is 4.98 Å². The molecule has 0 bridgehead atoms. The number of H-pyrrole nitrogens is 1. The van der Waals surface area contributed by atoms with Gasteiger partial charge in [-0.05, 0) is 53.6 Å². The molecule has 2 aromatic carbocycles. The summed E-state index contributed by atoms with van der Waals surface area (Å²) in [7, 11) is 0. The molecule has 0 saturated heterocycles. The quantitative estimate of drug-likeness (QED) is 0.428. The van der Waals surface area contributed by atoms with Gasteiger partial charge in [-0.1, -0.05) is 6.07 Å². The molecule has 0 atom stereocenters. The predicted molar refractivity (Wildman–Crippen MR) is 80.7 cm³/mol. The van der Waals surface area contributed by atoms with Crippen LogP contribution < -0.4 is 22.0 Å². The van der Waals surface area contributed by atoms with Gasteiger partial charge in [-0.2, -0.15) is 0 Å². The fourth-order valence-corrected chi connectivity index (χ4v) is 3.60. The number of aromatic amines is 1. The Morgan fingerprint density at radius 1 is 0.905 bits per heavy atom. The summed E-state index contributed by atoms with van der Waals surface area (Å²) >= 11 is 0. The average Bonchev–Trinajstić information content (AvgIpc) is 2.90. The molecule has 1 aliphatic rings. The zero-order chi connectivity index (χ0) is 13.1. The van der Waals surface area contributed by atoms with Crippen LogP contribution in [-0.4, -0.2) is 4.98 Å². The van der Waals surface area contributed by atoms with E-state index in [0.717, 1.165) is 18.4 Å². The molecule has 2 aromatic heterocycles. The number of nitrogens with zero attached hydrogens (tertiary/aromatic N) is 1. The minimum absolute atomic E-state index is 0. The van der Waals surface area contributed by atoms with Gasteiger partial charge < -0.3 is 17.0 Å². The summed E-state index contributed by atoms with van der Waals surface area (Å²) in [5.74, 6) is 0. The van der Waals surface area contributed by atoms with Crippen LogP contribution in [0.2, 0.25) is 0 Å². The molecule has 21 heavy (non-hydrogen) atoms. The van der Waals surface area contributed by atoms with Crippen LogP contribution in [0.15, 0.2) is 48.8 Å². The van der Waals surface area contributed by atoms with E-state index in [4.69, 9.17) is 0 Å². The molecule has 2 nitrogen and oxygen atoms in total. The van der Waals surface area contributed by atoms with E-state index in [9.17, 15) is 0 Å². The summed E-state index contributed by atoms with van der Waals surface area (Å²) in [5.41, 5.74) is 5.26. The van der Waals surface area contributed by atoms with E-state index in [1.54, 1.807) is 0 Å². The molecule has 0 spiro atoms. The summed E-state index contributed by atoms with van der Waals surface area (Å²) in [5, 5.41) is 5.24. The number of hydrogen-bond donors (Lipinski definition) is 0. The smallest absolute Gasteiger partial charge is 0.220 e. The number of halogens is 1. The highest BCUT2D eigenvalue weighted by molar-refractivity contribution is 6.19. The Labute approximate surface area is 132 Å². The molecule has 2 heterocycles. The molecule has 1 N–H and O–H groups in total. The lowest BCUT2D eigenvalue weighted by Gasteiger charge is -2.06. The van der Waals surface area contributed by atoms with Crippen molar-refractivity contribution >= 4 is 32.6 Å². The topological polar surface area (TPSA) is 27.0 Å². The maximum absolute atomic E-state index is 4.65. The maximum atomic E-state index is 4.65. The molecule has 3 heteroatoms. The molecule has 0 unspecified atom stereocenters. The molecule has 0 radical (unpaired) electrons. The van der Waals surface area contributed by atoms with Crippen LogP contribution in [0.25, 0.3) is 32.6 Å². The van der Waals surface area contributed by atoms with Gasteiger partial charge in [0.1, 0.15) is 0 Å². The number of fused-ring (bicyclic) bond motifs is 4. The predicted octanol–water partition coefficient (Wildman–Crippen LogP) is 0.458. The van der Waals surface area contributed by atoms with Crippen LogP contribution in [0, 0.1) is 0 Å². The molecule has 1 aliphatic carbocycles. The Kier molecular flexibility index (Phi) is 2.73. The summed E-state index contributed by atoms with van der Waals surface area (Å²) < 4.78 is 0. The highest BCUT2D eigenvalue weighted by Gasteiger charge is 2.21. The van der Waals surface area contributed by atoms with Crippen LogP contribution in [0.1, 0.15) is 11.1 Å². The van der Waals surface area contributed by atoms with Gasteiger partial charge in [0.15, 0.2) is 6.20 Å². The first-order valence-corrected chi connectivity index (χ1v) is 7.04. The van der Waals surface area contributed by atoms with E-state index in [1.165, 1.54) is 38.2 Å². The summed E-state index contributed by atoms with van der Waals surface area (Å²) in [4.78, 5) is 8.08. The van der Waals surface area contributed by atoms with Gasteiger partial charge in [0.25, 0.3) is 0 Å². The summed E-state index contributed by atoms with van der Waals surface area (Å²) in [6, 6.07) is 13.1. The van der Waals surface area contributed by atoms with Crippen molar-refractivity contribution in [2.45, 2.75) is 12.8 Å². The van der Waals surface area contributed by atoms with E-state index >= 15 is 0 Å². The molecule has 0 amide bonds. The van der Waals surface area contributed by atoms with Crippen molar-refractivity contribution in [3.8, 4) is 0 Å². The number of nitrogens with one attached hydrogen (secondary N) is 1. The van der Waals surface area contributed by atoms with Crippen LogP contribution in [-0.2, 0) is 12.8 Å². The van der Waals surface area contributed by atoms with E-state index in [0.29, 0.717) is 0 Å². The standard InChI is InChI=1S/C18H12N2.BrH/c1-3-13-9-11-5-6-12-10-14-4-2-8-20-18(14)16(15(11)12)17(13)19-7-1;/h1-4,7-10H,5-6H2;1H. The highest BCUT2D eigenvalue weighted by Crippen LogP contribution is 2.38. The number of aromatic nitrogens is 2. The molecule has 5 rings (SSSR count). The van der Waals surface area contributed by atoms with Gasteiger partial charge in [0.05, 0.1) is 10.9 Å². The van der Waals surface area contributed by atoms with Gasteiger partial charge in [-0.25, -0.2) is 4.98 Å². The number of rotatable bonds is 0. The lowest BCUT2D eigenvalue weighted by Crippen LogP contribution is -3.00. The van der Waals surface area contributed by atoms with Gasteiger partial charge >= 0.3 is 0 Å². The zero-order valence-electron chi connectivity index (χ0n) is 11.4. The van der Waals surface area contributed by atoms with E-state index < -0.39 is 0 Å². The highest BCUT2D eigenvalue weighted by atomic mass is 79.9. The first-order valence-electron chi connectivity index (χ1n) is 7.04. The Morgan fingerprint density at radius 3 is 2.52 bits per heavy atom. The minimum atomic E-state index is 0. The molecular weight excluding hydrogens is 324 g/mol.